The molecule has 2 aromatic heterocycles. The van der Waals surface area contributed by atoms with Crippen molar-refractivity contribution in [2.24, 2.45) is 0 Å². The monoisotopic (exact) mass is 931 g/mol. The number of fused-ring (bicyclic) bond motifs is 6. The van der Waals surface area contributed by atoms with Crippen LogP contribution >= 0.6 is 0 Å². The van der Waals surface area contributed by atoms with Crippen molar-refractivity contribution in [3.63, 3.8) is 0 Å². The van der Waals surface area contributed by atoms with Crippen LogP contribution in [0.5, 0.6) is 0 Å². The molecule has 69 heavy (non-hydrogen) atoms. The number of aliphatic hydroxyl groups is 2. The number of carbonyl (C=O) groups is 4. The van der Waals surface area contributed by atoms with Gasteiger partial charge in [-0.05, 0) is 104 Å². The Balaban J connectivity index is 0.000000172. The number of benzene rings is 4. The molecule has 4 aliphatic rings. The van der Waals surface area contributed by atoms with Crippen LogP contribution < -0.4 is 15.1 Å². The number of aryl methyl sites for hydroxylation is 2. The first kappa shape index (κ1) is 47.2. The number of aromatic nitrogens is 2. The van der Waals surface area contributed by atoms with Crippen molar-refractivity contribution in [2.75, 3.05) is 56.2 Å². The van der Waals surface area contributed by atoms with Crippen molar-refractivity contribution in [1.29, 1.82) is 0 Å². The summed E-state index contributed by atoms with van der Waals surface area (Å²) in [5, 5.41) is 25.6. The van der Waals surface area contributed by atoms with Crippen LogP contribution in [0.2, 0.25) is 0 Å². The lowest BCUT2D eigenvalue weighted by atomic mass is 9.75. The number of pyridine rings is 2. The van der Waals surface area contributed by atoms with Gasteiger partial charge in [0.2, 0.25) is 11.8 Å². The van der Waals surface area contributed by atoms with Crippen LogP contribution in [0.15, 0.2) is 109 Å². The fourth-order valence-corrected chi connectivity index (χ4v) is 10.6. The molecular formula is C55H61N7O7. The van der Waals surface area contributed by atoms with E-state index in [-0.39, 0.29) is 37.2 Å². The van der Waals surface area contributed by atoms with E-state index in [1.807, 2.05) is 122 Å². The van der Waals surface area contributed by atoms with E-state index in [1.165, 1.54) is 0 Å². The van der Waals surface area contributed by atoms with E-state index in [1.54, 1.807) is 16.8 Å². The van der Waals surface area contributed by atoms with Crippen molar-refractivity contribution < 1.29 is 34.1 Å². The number of nitrogens with zero attached hydrogens (tertiary/aromatic N) is 6. The van der Waals surface area contributed by atoms with Gasteiger partial charge in [-0.1, -0.05) is 84.9 Å². The Morgan fingerprint density at radius 2 is 1.04 bits per heavy atom. The Morgan fingerprint density at radius 3 is 1.48 bits per heavy atom. The van der Waals surface area contributed by atoms with Crippen molar-refractivity contribution in [2.45, 2.75) is 88.8 Å². The van der Waals surface area contributed by atoms with E-state index in [0.717, 1.165) is 105 Å². The second-order valence-corrected chi connectivity index (χ2v) is 19.6. The van der Waals surface area contributed by atoms with Crippen molar-refractivity contribution >= 4 is 56.9 Å². The van der Waals surface area contributed by atoms with Gasteiger partial charge in [0, 0.05) is 81.0 Å². The van der Waals surface area contributed by atoms with Gasteiger partial charge in [0.15, 0.2) is 0 Å². The molecular weight excluding hydrogens is 871 g/mol. The molecule has 0 bridgehead atoms. The van der Waals surface area contributed by atoms with Crippen molar-refractivity contribution in [3.8, 4) is 0 Å². The van der Waals surface area contributed by atoms with Crippen molar-refractivity contribution in [3.05, 3.63) is 143 Å². The first-order valence-corrected chi connectivity index (χ1v) is 24.0. The SMILES string of the molecule is CC(C)(C)OC(=O)N1CC2(C1)C(=O)N(Cc1ncc3ccccc3c1CCCCO)c1ccccc12.CNC(=O)N1CC2(C1)C(=O)N(Cc1ncc3ccccc3c1CCCCO)c1ccccc12. The maximum Gasteiger partial charge on any atom is 0.410 e. The predicted molar refractivity (Wildman–Crippen MR) is 266 cm³/mol. The van der Waals surface area contributed by atoms with E-state index in [0.29, 0.717) is 39.3 Å². The molecule has 14 heteroatoms. The maximum absolute atomic E-state index is 13.9. The van der Waals surface area contributed by atoms with Gasteiger partial charge in [-0.3, -0.25) is 19.6 Å². The average molecular weight is 932 g/mol. The average Bonchev–Trinajstić information content (AvgIpc) is 3.72. The van der Waals surface area contributed by atoms with Crippen LogP contribution in [-0.2, 0) is 51.1 Å². The maximum atomic E-state index is 13.9. The number of anilines is 2. The molecule has 6 aromatic rings. The summed E-state index contributed by atoms with van der Waals surface area (Å²) in [6, 6.07) is 31.9. The van der Waals surface area contributed by atoms with E-state index in [4.69, 9.17) is 14.7 Å². The van der Waals surface area contributed by atoms with Gasteiger partial charge in [0.25, 0.3) is 0 Å². The van der Waals surface area contributed by atoms with Gasteiger partial charge in [-0.15, -0.1) is 0 Å². The molecule has 0 atom stereocenters. The molecule has 0 aliphatic carbocycles. The Bertz CT molecular complexity index is 2920. The molecule has 4 aromatic carbocycles. The fourth-order valence-electron chi connectivity index (χ4n) is 10.6. The second-order valence-electron chi connectivity index (χ2n) is 19.6. The summed E-state index contributed by atoms with van der Waals surface area (Å²) in [5.74, 6) is 0.0277. The Kier molecular flexibility index (Phi) is 13.2. The van der Waals surface area contributed by atoms with E-state index in [9.17, 15) is 29.4 Å². The summed E-state index contributed by atoms with van der Waals surface area (Å²) in [4.78, 5) is 68.9. The van der Waals surface area contributed by atoms with E-state index < -0.39 is 16.4 Å². The highest BCUT2D eigenvalue weighted by atomic mass is 16.6. The van der Waals surface area contributed by atoms with Crippen LogP contribution in [0.3, 0.4) is 0 Å². The van der Waals surface area contributed by atoms with Gasteiger partial charge in [-0.25, -0.2) is 9.59 Å². The summed E-state index contributed by atoms with van der Waals surface area (Å²) in [6.45, 7) is 7.97. The minimum Gasteiger partial charge on any atom is -0.444 e. The molecule has 0 unspecified atom stereocenters. The van der Waals surface area contributed by atoms with Crippen molar-refractivity contribution in [1.82, 2.24) is 25.1 Å². The number of carbonyl (C=O) groups excluding carboxylic acids is 4. The number of para-hydroxylation sites is 2. The third-order valence-corrected chi connectivity index (χ3v) is 14.0. The topological polar surface area (TPSA) is 169 Å². The third-order valence-electron chi connectivity index (χ3n) is 14.0. The number of rotatable bonds is 12. The molecule has 10 rings (SSSR count). The number of hydrogen-bond acceptors (Lipinski definition) is 9. The molecule has 5 amide bonds. The van der Waals surface area contributed by atoms with E-state index in [2.05, 4.69) is 23.5 Å². The minimum absolute atomic E-state index is 0.000208. The molecule has 2 saturated heterocycles. The lowest BCUT2D eigenvalue weighted by Crippen LogP contribution is -2.66. The first-order valence-electron chi connectivity index (χ1n) is 24.0. The number of amides is 5. The lowest BCUT2D eigenvalue weighted by molar-refractivity contribution is -0.129. The summed E-state index contributed by atoms with van der Waals surface area (Å²) in [7, 11) is 1.60. The highest BCUT2D eigenvalue weighted by Gasteiger charge is 2.60. The molecule has 14 nitrogen and oxygen atoms in total. The Hall–Kier alpha value is -6.90. The molecule has 2 spiro atoms. The Labute approximate surface area is 402 Å². The quantitative estimate of drug-likeness (QED) is 0.105. The summed E-state index contributed by atoms with van der Waals surface area (Å²) < 4.78 is 5.53. The molecule has 4 aliphatic heterocycles. The van der Waals surface area contributed by atoms with Crippen LogP contribution in [0, 0.1) is 0 Å². The molecule has 3 N–H and O–H groups in total. The number of hydrogen-bond donors (Lipinski definition) is 3. The van der Waals surface area contributed by atoms with Gasteiger partial charge in [-0.2, -0.15) is 0 Å². The number of nitrogens with one attached hydrogen (secondary N) is 1. The largest absolute Gasteiger partial charge is 0.444 e. The minimum atomic E-state index is -0.749. The van der Waals surface area contributed by atoms with Gasteiger partial charge in [0.1, 0.15) is 16.4 Å². The molecule has 0 radical (unpaired) electrons. The van der Waals surface area contributed by atoms with Crippen LogP contribution in [0.4, 0.5) is 21.0 Å². The number of likely N-dealkylation sites (tertiary alicyclic amines) is 2. The molecule has 358 valence electrons. The third kappa shape index (κ3) is 8.76. The fraction of sp³-hybridized carbons (Fsp3) is 0.382. The zero-order valence-corrected chi connectivity index (χ0v) is 39.9. The number of unbranched alkanes of at least 4 members (excludes halogenated alkanes) is 2. The normalized spacial score (nSPS) is 16.3. The van der Waals surface area contributed by atoms with Gasteiger partial charge < -0.3 is 39.9 Å². The van der Waals surface area contributed by atoms with Crippen LogP contribution in [0.25, 0.3) is 21.5 Å². The smallest absolute Gasteiger partial charge is 0.410 e. The van der Waals surface area contributed by atoms with Crippen LogP contribution in [0.1, 0.15) is 80.1 Å². The number of ether oxygens (including phenoxy) is 1. The van der Waals surface area contributed by atoms with E-state index >= 15 is 0 Å². The summed E-state index contributed by atoms with van der Waals surface area (Å²) >= 11 is 0. The number of urea groups is 1. The second kappa shape index (κ2) is 19.2. The zero-order valence-electron chi connectivity index (χ0n) is 39.9. The Morgan fingerprint density at radius 1 is 0.623 bits per heavy atom. The first-order chi connectivity index (χ1) is 33.3. The summed E-state index contributed by atoms with van der Waals surface area (Å²) in [6.07, 6.45) is 8.08. The zero-order chi connectivity index (χ0) is 48.5. The molecule has 6 heterocycles. The van der Waals surface area contributed by atoms with Crippen LogP contribution in [-0.4, -0.2) is 106 Å². The standard InChI is InChI=1S/C29H33N3O4.C26H28N4O3/c1-28(2,3)36-27(35)31-18-29(19-31)23-13-6-7-14-25(23)32(26(29)34)17-24-22(12-8-9-15-33)21-11-5-4-10-20(21)16-30-24;1-27-25(33)29-16-26(17-29)21-11-4-5-12-23(21)30(24(26)32)15-22-20(10-6-7-13-31)19-9-3-2-8-18(19)14-28-22/h4-7,10-11,13-14,16,33H,8-9,12,15,17-19H2,1-3H3;2-5,8-9,11-12,14,31H,6-7,10,13,15-17H2,1H3,(H,27,33). The van der Waals surface area contributed by atoms with Gasteiger partial charge >= 0.3 is 12.1 Å². The van der Waals surface area contributed by atoms with Gasteiger partial charge in [0.05, 0.1) is 24.5 Å². The predicted octanol–water partition coefficient (Wildman–Crippen LogP) is 7.57. The molecule has 2 fully saturated rings. The number of aliphatic hydroxyl groups excluding tert-OH is 2. The highest BCUT2D eigenvalue weighted by Crippen LogP contribution is 2.49. The lowest BCUT2D eigenvalue weighted by Gasteiger charge is -2.46. The highest BCUT2D eigenvalue weighted by molar-refractivity contribution is 6.11. The summed E-state index contributed by atoms with van der Waals surface area (Å²) in [5.41, 5.74) is 5.71. The molecule has 0 saturated carbocycles.